The number of carbonyl (C=O) groups is 1. The van der Waals surface area contributed by atoms with E-state index in [1.54, 1.807) is 30.3 Å². The summed E-state index contributed by atoms with van der Waals surface area (Å²) in [5, 5.41) is 8.97. The predicted octanol–water partition coefficient (Wildman–Crippen LogP) is 1.97. The van der Waals surface area contributed by atoms with Crippen LogP contribution >= 0.6 is 0 Å². The van der Waals surface area contributed by atoms with Crippen LogP contribution in [-0.4, -0.2) is 19.8 Å². The van der Waals surface area contributed by atoms with Crippen LogP contribution in [0.2, 0.25) is 0 Å². The first-order valence-corrected chi connectivity index (χ1v) is 6.80. The van der Waals surface area contributed by atoms with Crippen molar-refractivity contribution >= 4 is 28.6 Å². The molecule has 4 N–H and O–H groups in total. The lowest BCUT2D eigenvalue weighted by Crippen LogP contribution is -2.08. The average molecular weight is 307 g/mol. The average Bonchev–Trinajstić information content (AvgIpc) is 2.42. The molecule has 0 radical (unpaired) electrons. The molecule has 7 nitrogen and oxygen atoms in total. The number of benzene rings is 2. The smallest absolute Gasteiger partial charge is 0.335 e. The van der Waals surface area contributed by atoms with Crippen LogP contribution < -0.4 is 15.2 Å². The van der Waals surface area contributed by atoms with E-state index in [2.05, 4.69) is 4.72 Å². The number of para-hydroxylation sites is 1. The summed E-state index contributed by atoms with van der Waals surface area (Å²) in [6.07, 6.45) is 0. The molecule has 0 heterocycles. The minimum atomic E-state index is -2.64. The fourth-order valence-electron chi connectivity index (χ4n) is 1.66. The molecule has 0 saturated heterocycles. The maximum absolute atomic E-state index is 11.0. The number of nitrogen functional groups attached to an aromatic ring is 1. The fraction of sp³-hybridized carbons (Fsp3) is 0. The van der Waals surface area contributed by atoms with E-state index in [0.717, 1.165) is 6.07 Å². The van der Waals surface area contributed by atoms with E-state index in [1.807, 2.05) is 0 Å². The number of ether oxygens (including phenoxy) is 1. The van der Waals surface area contributed by atoms with Crippen LogP contribution in [0.4, 0.5) is 11.4 Å². The Balaban J connectivity index is 2.47. The summed E-state index contributed by atoms with van der Waals surface area (Å²) >= 11 is -2.64. The number of hydrogen-bond donors (Lipinski definition) is 3. The molecule has 0 aliphatic carbocycles. The van der Waals surface area contributed by atoms with Gasteiger partial charge in [-0.3, -0.25) is 4.21 Å². The van der Waals surface area contributed by atoms with Crippen molar-refractivity contribution in [3.05, 3.63) is 48.0 Å². The maximum Gasteiger partial charge on any atom is 0.335 e. The van der Waals surface area contributed by atoms with E-state index in [0.29, 0.717) is 5.75 Å². The normalized spacial score (nSPS) is 11.7. The van der Waals surface area contributed by atoms with Gasteiger partial charge in [-0.25, -0.2) is 4.79 Å². The van der Waals surface area contributed by atoms with Gasteiger partial charge in [0.05, 0.1) is 16.9 Å². The lowest BCUT2D eigenvalue weighted by Gasteiger charge is -2.17. The zero-order valence-electron chi connectivity index (χ0n) is 10.6. The summed E-state index contributed by atoms with van der Waals surface area (Å²) < 4.78 is 29.2. The standard InChI is InChI=1S/C13H12N2O5S/c14-10-6-8(13(16)17)7-11(15-21(18)19)12(10)20-9-4-2-1-3-5-9/h1-7,15H,14H2,(H,16,17)(H,18,19)/p-1. The van der Waals surface area contributed by atoms with Gasteiger partial charge in [0.2, 0.25) is 0 Å². The molecule has 2 aromatic carbocycles. The van der Waals surface area contributed by atoms with Crippen LogP contribution in [0.1, 0.15) is 10.4 Å². The first-order chi connectivity index (χ1) is 9.97. The summed E-state index contributed by atoms with van der Waals surface area (Å²) in [4.78, 5) is 11.0. The van der Waals surface area contributed by atoms with Crippen molar-refractivity contribution < 1.29 is 23.4 Å². The van der Waals surface area contributed by atoms with Crippen molar-refractivity contribution in [2.75, 3.05) is 10.5 Å². The highest BCUT2D eigenvalue weighted by Gasteiger charge is 2.15. The van der Waals surface area contributed by atoms with Crippen molar-refractivity contribution in [2.24, 2.45) is 0 Å². The van der Waals surface area contributed by atoms with Gasteiger partial charge in [-0.1, -0.05) is 18.2 Å². The highest BCUT2D eigenvalue weighted by molar-refractivity contribution is 7.80. The number of anilines is 2. The summed E-state index contributed by atoms with van der Waals surface area (Å²) in [7, 11) is 0. The van der Waals surface area contributed by atoms with E-state index >= 15 is 0 Å². The van der Waals surface area contributed by atoms with Gasteiger partial charge < -0.3 is 24.9 Å². The number of aromatic carboxylic acids is 1. The van der Waals surface area contributed by atoms with E-state index in [-0.39, 0.29) is 22.7 Å². The van der Waals surface area contributed by atoms with Crippen LogP contribution in [0, 0.1) is 0 Å². The molecule has 110 valence electrons. The van der Waals surface area contributed by atoms with Gasteiger partial charge in [0, 0.05) is 11.3 Å². The van der Waals surface area contributed by atoms with Crippen LogP contribution in [0.25, 0.3) is 0 Å². The van der Waals surface area contributed by atoms with E-state index < -0.39 is 17.2 Å². The minimum absolute atomic E-state index is 0.00621. The van der Waals surface area contributed by atoms with Crippen LogP contribution in [0.15, 0.2) is 42.5 Å². The Morgan fingerprint density at radius 3 is 2.52 bits per heavy atom. The molecule has 0 fully saturated rings. The molecule has 0 bridgehead atoms. The molecule has 0 spiro atoms. The van der Waals surface area contributed by atoms with Gasteiger partial charge in [0.25, 0.3) is 0 Å². The fourth-order valence-corrected chi connectivity index (χ4v) is 1.99. The Bertz CT molecular complexity index is 690. The lowest BCUT2D eigenvalue weighted by molar-refractivity contribution is 0.0697. The Morgan fingerprint density at radius 2 is 1.95 bits per heavy atom. The number of nitrogens with two attached hydrogens (primary N) is 1. The largest absolute Gasteiger partial charge is 0.755 e. The highest BCUT2D eigenvalue weighted by atomic mass is 32.2. The molecular formula is C13H11N2O5S-. The topological polar surface area (TPSA) is 125 Å². The maximum atomic E-state index is 11.0. The molecule has 0 aliphatic rings. The first kappa shape index (κ1) is 14.8. The van der Waals surface area contributed by atoms with Crippen molar-refractivity contribution in [3.63, 3.8) is 0 Å². The Morgan fingerprint density at radius 1 is 1.29 bits per heavy atom. The van der Waals surface area contributed by atoms with Crippen molar-refractivity contribution in [1.29, 1.82) is 0 Å². The summed E-state index contributed by atoms with van der Waals surface area (Å²) in [6, 6.07) is 10.9. The third-order valence-electron chi connectivity index (χ3n) is 2.52. The van der Waals surface area contributed by atoms with Gasteiger partial charge in [-0.05, 0) is 24.3 Å². The Hall–Kier alpha value is -2.58. The SMILES string of the molecule is Nc1cc(C(=O)O)cc(NS(=O)[O-])c1Oc1ccccc1. The highest BCUT2D eigenvalue weighted by Crippen LogP contribution is 2.36. The molecule has 1 unspecified atom stereocenters. The minimum Gasteiger partial charge on any atom is -0.755 e. The number of hydrogen-bond acceptors (Lipinski definition) is 5. The van der Waals surface area contributed by atoms with Gasteiger partial charge in [0.1, 0.15) is 5.75 Å². The molecule has 0 amide bonds. The zero-order chi connectivity index (χ0) is 15.4. The molecule has 1 atom stereocenters. The van der Waals surface area contributed by atoms with E-state index in [1.165, 1.54) is 6.07 Å². The van der Waals surface area contributed by atoms with E-state index in [9.17, 15) is 13.6 Å². The molecule has 0 aromatic heterocycles. The van der Waals surface area contributed by atoms with Crippen molar-refractivity contribution in [3.8, 4) is 11.5 Å². The molecule has 8 heteroatoms. The number of carboxylic acids is 1. The quantitative estimate of drug-likeness (QED) is 0.573. The molecule has 0 saturated carbocycles. The number of nitrogens with one attached hydrogen (secondary N) is 1. The molecule has 21 heavy (non-hydrogen) atoms. The van der Waals surface area contributed by atoms with Crippen LogP contribution in [-0.2, 0) is 11.3 Å². The molecule has 0 aliphatic heterocycles. The second-order valence-electron chi connectivity index (χ2n) is 4.00. The molecule has 2 rings (SSSR count). The lowest BCUT2D eigenvalue weighted by atomic mass is 10.1. The summed E-state index contributed by atoms with van der Waals surface area (Å²) in [6.45, 7) is 0. The summed E-state index contributed by atoms with van der Waals surface area (Å²) in [5.41, 5.74) is 5.56. The van der Waals surface area contributed by atoms with Crippen molar-refractivity contribution in [2.45, 2.75) is 0 Å². The predicted molar refractivity (Wildman–Crippen MR) is 76.9 cm³/mol. The van der Waals surface area contributed by atoms with E-state index in [4.69, 9.17) is 15.6 Å². The first-order valence-electron chi connectivity index (χ1n) is 5.73. The third kappa shape index (κ3) is 3.71. The molecular weight excluding hydrogens is 296 g/mol. The van der Waals surface area contributed by atoms with Gasteiger partial charge in [-0.2, -0.15) is 0 Å². The zero-order valence-corrected chi connectivity index (χ0v) is 11.4. The monoisotopic (exact) mass is 307 g/mol. The number of rotatable bonds is 5. The summed E-state index contributed by atoms with van der Waals surface area (Å²) in [5.74, 6) is -0.755. The van der Waals surface area contributed by atoms with Crippen LogP contribution in [0.3, 0.4) is 0 Å². The second kappa shape index (κ2) is 6.25. The van der Waals surface area contributed by atoms with Crippen LogP contribution in [0.5, 0.6) is 11.5 Å². The molecule has 2 aromatic rings. The van der Waals surface area contributed by atoms with Gasteiger partial charge >= 0.3 is 5.97 Å². The van der Waals surface area contributed by atoms with Crippen molar-refractivity contribution in [1.82, 2.24) is 0 Å². The Kier molecular flexibility index (Phi) is 4.41. The van der Waals surface area contributed by atoms with Gasteiger partial charge in [0.15, 0.2) is 5.75 Å². The third-order valence-corrected chi connectivity index (χ3v) is 2.91. The number of carboxylic acid groups (broad SMARTS) is 1. The Labute approximate surface area is 122 Å². The van der Waals surface area contributed by atoms with Gasteiger partial charge in [-0.15, -0.1) is 0 Å². The second-order valence-corrected chi connectivity index (χ2v) is 4.67.